The largest absolute Gasteiger partial charge is 0.400 e. The van der Waals surface area contributed by atoms with Gasteiger partial charge in [-0.3, -0.25) is 10.1 Å². The third-order valence-electron chi connectivity index (χ3n) is 4.29. The van der Waals surface area contributed by atoms with Gasteiger partial charge >= 0.3 is 6.18 Å². The summed E-state index contributed by atoms with van der Waals surface area (Å²) in [5.41, 5.74) is -1.33. The van der Waals surface area contributed by atoms with Gasteiger partial charge in [0.05, 0.1) is 6.42 Å². The monoisotopic (exact) mass is 402 g/mol. The van der Waals surface area contributed by atoms with Crippen molar-refractivity contribution in [2.75, 3.05) is 5.32 Å². The van der Waals surface area contributed by atoms with E-state index in [0.29, 0.717) is 6.42 Å². The molecule has 1 aromatic carbocycles. The van der Waals surface area contributed by atoms with Crippen molar-refractivity contribution >= 4 is 27.7 Å². The predicted octanol–water partition coefficient (Wildman–Crippen LogP) is 4.60. The molecule has 1 aliphatic carbocycles. The molecule has 0 bridgehead atoms. The first-order valence-electron chi connectivity index (χ1n) is 7.38. The molecule has 0 spiro atoms. The Hall–Kier alpha value is -1.83. The van der Waals surface area contributed by atoms with E-state index in [1.54, 1.807) is 24.3 Å². The van der Waals surface area contributed by atoms with E-state index >= 15 is 0 Å². The maximum Gasteiger partial charge on any atom is 0.400 e. The zero-order valence-electron chi connectivity index (χ0n) is 12.5. The summed E-state index contributed by atoms with van der Waals surface area (Å²) in [5.74, 6) is -0.447. The summed E-state index contributed by atoms with van der Waals surface area (Å²) in [6, 6.07) is 8.34. The molecule has 24 heavy (non-hydrogen) atoms. The molecule has 8 heteroatoms. The molecule has 1 fully saturated rings. The number of hydrogen-bond donors (Lipinski definition) is 1. The number of aromatic nitrogens is 1. The van der Waals surface area contributed by atoms with Gasteiger partial charge in [0.25, 0.3) is 0 Å². The van der Waals surface area contributed by atoms with E-state index in [1.807, 2.05) is 0 Å². The fraction of sp³-hybridized carbons (Fsp3) is 0.375. The average molecular weight is 403 g/mol. The van der Waals surface area contributed by atoms with Crippen molar-refractivity contribution in [2.45, 2.75) is 37.3 Å². The van der Waals surface area contributed by atoms with E-state index in [-0.39, 0.29) is 36.7 Å². The lowest BCUT2D eigenvalue weighted by Crippen LogP contribution is -2.48. The van der Waals surface area contributed by atoms with Crippen LogP contribution in [0.1, 0.15) is 30.5 Å². The number of amides is 1. The van der Waals surface area contributed by atoms with Crippen LogP contribution in [-0.4, -0.2) is 17.2 Å². The third kappa shape index (κ3) is 3.19. The molecule has 1 saturated carbocycles. The molecular formula is C16H14BrF3N2O2. The van der Waals surface area contributed by atoms with E-state index < -0.39 is 11.6 Å². The summed E-state index contributed by atoms with van der Waals surface area (Å²) >= 11 is 3.30. The van der Waals surface area contributed by atoms with Gasteiger partial charge in [-0.15, -0.1) is 0 Å². The van der Waals surface area contributed by atoms with Crippen molar-refractivity contribution in [3.63, 3.8) is 0 Å². The van der Waals surface area contributed by atoms with Crippen LogP contribution in [-0.2, 0) is 16.6 Å². The third-order valence-corrected chi connectivity index (χ3v) is 4.82. The van der Waals surface area contributed by atoms with Gasteiger partial charge in [-0.2, -0.15) is 13.2 Å². The van der Waals surface area contributed by atoms with Gasteiger partial charge in [-0.05, 0) is 30.5 Å². The van der Waals surface area contributed by atoms with Crippen LogP contribution < -0.4 is 5.32 Å². The van der Waals surface area contributed by atoms with Gasteiger partial charge in [0.2, 0.25) is 11.8 Å². The van der Waals surface area contributed by atoms with Crippen LogP contribution in [0.3, 0.4) is 0 Å². The molecule has 0 aliphatic heterocycles. The van der Waals surface area contributed by atoms with Gasteiger partial charge < -0.3 is 4.52 Å². The molecule has 0 radical (unpaired) electrons. The van der Waals surface area contributed by atoms with Gasteiger partial charge in [0.15, 0.2) is 0 Å². The van der Waals surface area contributed by atoms with Crippen LogP contribution in [0.4, 0.5) is 19.1 Å². The number of benzene rings is 1. The first kappa shape index (κ1) is 17.0. The van der Waals surface area contributed by atoms with E-state index in [1.165, 1.54) is 6.07 Å². The molecule has 1 aliphatic rings. The number of halogens is 4. The maximum absolute atomic E-state index is 13.3. The fourth-order valence-corrected chi connectivity index (χ4v) is 3.01. The lowest BCUT2D eigenvalue weighted by atomic mass is 9.66. The number of carbonyl (C=O) groups is 1. The lowest BCUT2D eigenvalue weighted by molar-refractivity contribution is -0.214. The van der Waals surface area contributed by atoms with Crippen molar-refractivity contribution < 1.29 is 22.5 Å². The second kappa shape index (κ2) is 6.23. The van der Waals surface area contributed by atoms with Crippen LogP contribution in [0.5, 0.6) is 0 Å². The summed E-state index contributed by atoms with van der Waals surface area (Å²) in [7, 11) is 0. The Morgan fingerprint density at radius 2 is 1.96 bits per heavy atom. The van der Waals surface area contributed by atoms with Crippen LogP contribution in [0.2, 0.25) is 0 Å². The Kier molecular flexibility index (Phi) is 4.42. The Labute approximate surface area is 144 Å². The molecule has 1 amide bonds. The van der Waals surface area contributed by atoms with E-state index in [9.17, 15) is 18.0 Å². The molecule has 3 rings (SSSR count). The molecule has 1 aromatic heterocycles. The highest BCUT2D eigenvalue weighted by Crippen LogP contribution is 2.54. The molecule has 0 atom stereocenters. The molecule has 4 nitrogen and oxygen atoms in total. The molecule has 2 aromatic rings. The number of hydrogen-bond acceptors (Lipinski definition) is 3. The van der Waals surface area contributed by atoms with Gasteiger partial charge in [0, 0.05) is 10.5 Å². The second-order valence-corrected chi connectivity index (χ2v) is 6.78. The minimum absolute atomic E-state index is 0.00465. The summed E-state index contributed by atoms with van der Waals surface area (Å²) in [6.07, 6.45) is -3.79. The summed E-state index contributed by atoms with van der Waals surface area (Å²) in [6.45, 7) is 0. The predicted molar refractivity (Wildman–Crippen MR) is 84.6 cm³/mol. The number of nitrogens with one attached hydrogen (secondary N) is 1. The number of nitrogens with zero attached hydrogens (tertiary/aromatic N) is 1. The smallest absolute Gasteiger partial charge is 0.338 e. The highest BCUT2D eigenvalue weighted by Gasteiger charge is 2.61. The summed E-state index contributed by atoms with van der Waals surface area (Å²) in [5, 5.41) is 5.98. The van der Waals surface area contributed by atoms with Crippen LogP contribution in [0, 0.1) is 0 Å². The number of carbonyl (C=O) groups excluding carboxylic acids is 1. The topological polar surface area (TPSA) is 55.1 Å². The minimum Gasteiger partial charge on any atom is -0.338 e. The molecule has 128 valence electrons. The van der Waals surface area contributed by atoms with Crippen LogP contribution >= 0.6 is 15.9 Å². The number of alkyl halides is 3. The zero-order chi connectivity index (χ0) is 17.4. The van der Waals surface area contributed by atoms with Crippen LogP contribution in [0.25, 0.3) is 0 Å². The van der Waals surface area contributed by atoms with Crippen molar-refractivity contribution in [1.82, 2.24) is 5.16 Å². The van der Waals surface area contributed by atoms with Crippen molar-refractivity contribution in [3.8, 4) is 0 Å². The van der Waals surface area contributed by atoms with E-state index in [0.717, 1.165) is 10.0 Å². The lowest BCUT2D eigenvalue weighted by Gasteiger charge is -2.41. The Balaban J connectivity index is 1.68. The second-order valence-electron chi connectivity index (χ2n) is 5.86. The minimum atomic E-state index is -4.37. The SMILES string of the molecule is O=C(Cc1ccc(Br)cc1)Nc1cc(C2(C(F)(F)F)CCC2)no1. The molecule has 1 heterocycles. The molecule has 0 saturated heterocycles. The first-order chi connectivity index (χ1) is 11.3. The van der Waals surface area contributed by atoms with Gasteiger partial charge in [0.1, 0.15) is 11.1 Å². The summed E-state index contributed by atoms with van der Waals surface area (Å²) in [4.78, 5) is 12.0. The molecule has 1 N–H and O–H groups in total. The van der Waals surface area contributed by atoms with Gasteiger partial charge in [-0.1, -0.05) is 39.6 Å². The highest BCUT2D eigenvalue weighted by atomic mass is 79.9. The maximum atomic E-state index is 13.3. The fourth-order valence-electron chi connectivity index (χ4n) is 2.74. The highest BCUT2D eigenvalue weighted by molar-refractivity contribution is 9.10. The normalized spacial score (nSPS) is 16.5. The quantitative estimate of drug-likeness (QED) is 0.812. The van der Waals surface area contributed by atoms with Crippen molar-refractivity contribution in [2.24, 2.45) is 0 Å². The van der Waals surface area contributed by atoms with Crippen molar-refractivity contribution in [3.05, 3.63) is 46.1 Å². The first-order valence-corrected chi connectivity index (χ1v) is 8.18. The number of rotatable bonds is 4. The Morgan fingerprint density at radius 1 is 1.29 bits per heavy atom. The molecular weight excluding hydrogens is 389 g/mol. The standard InChI is InChI=1S/C16H14BrF3N2O2/c17-11-4-2-10(3-5-11)8-13(23)21-14-9-12(22-24-14)15(6-1-7-15)16(18,19)20/h2-5,9H,1,6-8H2,(H,21,23). The molecule has 0 unspecified atom stereocenters. The average Bonchev–Trinajstić information content (AvgIpc) is 2.86. The zero-order valence-corrected chi connectivity index (χ0v) is 14.1. The summed E-state index contributed by atoms with van der Waals surface area (Å²) < 4.78 is 45.6. The van der Waals surface area contributed by atoms with Crippen molar-refractivity contribution in [1.29, 1.82) is 0 Å². The Bertz CT molecular complexity index is 737. The van der Waals surface area contributed by atoms with E-state index in [4.69, 9.17) is 4.52 Å². The Morgan fingerprint density at radius 3 is 2.50 bits per heavy atom. The van der Waals surface area contributed by atoms with E-state index in [2.05, 4.69) is 26.4 Å². The van der Waals surface area contributed by atoms with Crippen LogP contribution in [0.15, 0.2) is 39.3 Å². The number of anilines is 1. The van der Waals surface area contributed by atoms with Gasteiger partial charge in [-0.25, -0.2) is 0 Å².